The fraction of sp³-hybridized carbons (Fsp3) is 0.357. The Balaban J connectivity index is 1.53. The Morgan fingerprint density at radius 2 is 1.79 bits per heavy atom. The van der Waals surface area contributed by atoms with Crippen LogP contribution in [0.1, 0.15) is 43.4 Å². The second-order valence-electron chi connectivity index (χ2n) is 9.01. The number of hydrogen-bond acceptors (Lipinski definition) is 4. The molecule has 0 bridgehead atoms. The van der Waals surface area contributed by atoms with Gasteiger partial charge in [0, 0.05) is 42.9 Å². The summed E-state index contributed by atoms with van der Waals surface area (Å²) in [7, 11) is 1.69. The zero-order valence-corrected chi connectivity index (χ0v) is 19.8. The van der Waals surface area contributed by atoms with Crippen LogP contribution in [-0.4, -0.2) is 30.6 Å². The van der Waals surface area contributed by atoms with Crippen LogP contribution in [0.25, 0.3) is 11.1 Å². The van der Waals surface area contributed by atoms with Crippen molar-refractivity contribution in [2.45, 2.75) is 44.8 Å². The molecule has 2 N–H and O–H groups in total. The summed E-state index contributed by atoms with van der Waals surface area (Å²) < 4.78 is 18.8. The molecule has 2 aromatic carbocycles. The molecule has 1 aromatic heterocycles. The summed E-state index contributed by atoms with van der Waals surface area (Å²) in [5.74, 6) is -0.725. The second-order valence-corrected chi connectivity index (χ2v) is 9.01. The van der Waals surface area contributed by atoms with Gasteiger partial charge in [-0.2, -0.15) is 4.39 Å². The normalized spacial score (nSPS) is 17.9. The van der Waals surface area contributed by atoms with E-state index in [0.29, 0.717) is 25.3 Å². The van der Waals surface area contributed by atoms with Gasteiger partial charge in [-0.15, -0.1) is 0 Å². The van der Waals surface area contributed by atoms with E-state index in [1.165, 1.54) is 6.07 Å². The number of ether oxygens (including phenoxy) is 1. The first kappa shape index (κ1) is 24.0. The van der Waals surface area contributed by atoms with Gasteiger partial charge in [0.25, 0.3) is 0 Å². The van der Waals surface area contributed by atoms with E-state index in [0.717, 1.165) is 35.2 Å². The highest BCUT2D eigenvalue weighted by molar-refractivity contribution is 5.97. The molecule has 34 heavy (non-hydrogen) atoms. The van der Waals surface area contributed by atoms with Crippen molar-refractivity contribution in [2.24, 2.45) is 11.7 Å². The molecule has 1 saturated carbocycles. The first-order chi connectivity index (χ1) is 16.5. The van der Waals surface area contributed by atoms with Gasteiger partial charge in [-0.1, -0.05) is 55.8 Å². The molecule has 5 nitrogen and oxygen atoms in total. The van der Waals surface area contributed by atoms with Gasteiger partial charge in [0.15, 0.2) is 0 Å². The van der Waals surface area contributed by atoms with E-state index in [1.54, 1.807) is 24.1 Å². The van der Waals surface area contributed by atoms with Crippen LogP contribution in [0.15, 0.2) is 66.7 Å². The molecule has 1 fully saturated rings. The predicted octanol–water partition coefficient (Wildman–Crippen LogP) is 5.30. The van der Waals surface area contributed by atoms with Crippen molar-refractivity contribution in [3.05, 3.63) is 83.9 Å². The Morgan fingerprint density at radius 3 is 2.41 bits per heavy atom. The van der Waals surface area contributed by atoms with Crippen LogP contribution < -0.4 is 10.6 Å². The Bertz CT molecular complexity index is 1100. The summed E-state index contributed by atoms with van der Waals surface area (Å²) in [4.78, 5) is 19.3. The Morgan fingerprint density at radius 1 is 1.12 bits per heavy atom. The van der Waals surface area contributed by atoms with Crippen LogP contribution in [-0.2, 0) is 16.1 Å². The molecule has 4 rings (SSSR count). The first-order valence-corrected chi connectivity index (χ1v) is 11.9. The van der Waals surface area contributed by atoms with E-state index in [2.05, 4.69) is 36.2 Å². The number of amides is 1. The number of anilines is 1. The predicted molar refractivity (Wildman–Crippen MR) is 133 cm³/mol. The largest absolute Gasteiger partial charge is 0.380 e. The molecule has 178 valence electrons. The topological polar surface area (TPSA) is 68.5 Å². The maximum absolute atomic E-state index is 13.6. The lowest BCUT2D eigenvalue weighted by Gasteiger charge is -2.26. The van der Waals surface area contributed by atoms with Gasteiger partial charge in [-0.3, -0.25) is 4.79 Å². The van der Waals surface area contributed by atoms with Crippen LogP contribution in [0.2, 0.25) is 0 Å². The van der Waals surface area contributed by atoms with Gasteiger partial charge in [-0.05, 0) is 53.8 Å². The van der Waals surface area contributed by atoms with Crippen LogP contribution >= 0.6 is 0 Å². The highest BCUT2D eigenvalue weighted by Gasteiger charge is 2.47. The lowest BCUT2D eigenvalue weighted by atomic mass is 10.0. The van der Waals surface area contributed by atoms with E-state index in [4.69, 9.17) is 10.5 Å². The van der Waals surface area contributed by atoms with Crippen LogP contribution in [0.3, 0.4) is 0 Å². The number of hydrogen-bond donors (Lipinski definition) is 1. The van der Waals surface area contributed by atoms with Crippen molar-refractivity contribution < 1.29 is 13.9 Å². The van der Waals surface area contributed by atoms with Crippen LogP contribution in [0.4, 0.5) is 10.1 Å². The van der Waals surface area contributed by atoms with Gasteiger partial charge in [0.2, 0.25) is 11.9 Å². The molecule has 6 heteroatoms. The monoisotopic (exact) mass is 461 g/mol. The summed E-state index contributed by atoms with van der Waals surface area (Å²) >= 11 is 0. The van der Waals surface area contributed by atoms with Crippen molar-refractivity contribution >= 4 is 11.6 Å². The van der Waals surface area contributed by atoms with E-state index >= 15 is 0 Å². The van der Waals surface area contributed by atoms with Gasteiger partial charge < -0.3 is 15.4 Å². The number of aromatic nitrogens is 1. The smallest absolute Gasteiger partial charge is 0.230 e. The van der Waals surface area contributed by atoms with E-state index < -0.39 is 5.95 Å². The molecule has 0 saturated heterocycles. The van der Waals surface area contributed by atoms with Crippen molar-refractivity contribution in [2.75, 3.05) is 18.6 Å². The third-order valence-corrected chi connectivity index (χ3v) is 6.34. The first-order valence-electron chi connectivity index (χ1n) is 11.9. The fourth-order valence-corrected chi connectivity index (χ4v) is 4.44. The summed E-state index contributed by atoms with van der Waals surface area (Å²) in [5, 5.41) is 0. The maximum atomic E-state index is 13.6. The van der Waals surface area contributed by atoms with Crippen LogP contribution in [0, 0.1) is 11.9 Å². The maximum Gasteiger partial charge on any atom is 0.230 e. The number of nitrogens with two attached hydrogens (primary N) is 1. The lowest BCUT2D eigenvalue weighted by molar-refractivity contribution is -0.120. The Kier molecular flexibility index (Phi) is 7.70. The van der Waals surface area contributed by atoms with E-state index in [1.807, 2.05) is 24.3 Å². The second kappa shape index (κ2) is 10.9. The van der Waals surface area contributed by atoms with Crippen molar-refractivity contribution in [3.63, 3.8) is 0 Å². The number of rotatable bonds is 10. The number of halogens is 1. The number of pyridine rings is 1. The van der Waals surface area contributed by atoms with Gasteiger partial charge in [0.05, 0.1) is 6.61 Å². The molecule has 1 aliphatic carbocycles. The molecule has 1 amide bonds. The zero-order valence-electron chi connectivity index (χ0n) is 19.8. The van der Waals surface area contributed by atoms with Crippen molar-refractivity contribution in [1.29, 1.82) is 0 Å². The standard InChI is InChI=1S/C28H32FN3O2/c1-3-5-22(30)17-32(28(33)25-16-24(25)26-6-4-7-27(29)31-26)23-14-12-21(13-15-23)20-10-8-19(9-11-20)18-34-2/h4,6-15,22,24-25H,3,5,16-18,30H2,1-2H3. The summed E-state index contributed by atoms with van der Waals surface area (Å²) in [6.07, 6.45) is 2.48. The number of methoxy groups -OCH3 is 1. The Hall–Kier alpha value is -3.09. The zero-order chi connectivity index (χ0) is 24.1. The average Bonchev–Trinajstić information content (AvgIpc) is 3.64. The molecule has 0 aliphatic heterocycles. The highest BCUT2D eigenvalue weighted by Crippen LogP contribution is 2.48. The molecule has 3 unspecified atom stereocenters. The third-order valence-electron chi connectivity index (χ3n) is 6.34. The molecule has 0 radical (unpaired) electrons. The third kappa shape index (κ3) is 5.69. The fourth-order valence-electron chi connectivity index (χ4n) is 4.44. The molecular weight excluding hydrogens is 429 g/mol. The molecular formula is C28H32FN3O2. The number of carbonyl (C=O) groups excluding carboxylic acids is 1. The summed E-state index contributed by atoms with van der Waals surface area (Å²) in [6.45, 7) is 3.13. The molecule has 3 aromatic rings. The number of nitrogens with zero attached hydrogens (tertiary/aromatic N) is 2. The molecule has 1 aliphatic rings. The molecule has 1 heterocycles. The minimum absolute atomic E-state index is 0.0271. The van der Waals surface area contributed by atoms with Crippen LogP contribution in [0.5, 0.6) is 0 Å². The number of carbonyl (C=O) groups is 1. The van der Waals surface area contributed by atoms with E-state index in [-0.39, 0.29) is 23.8 Å². The lowest BCUT2D eigenvalue weighted by Crippen LogP contribution is -2.42. The SMILES string of the molecule is CCCC(N)CN(C(=O)C1CC1c1cccc(F)n1)c1ccc(-c2ccc(COC)cc2)cc1. The molecule has 0 spiro atoms. The summed E-state index contributed by atoms with van der Waals surface area (Å²) in [5.41, 5.74) is 11.1. The van der Waals surface area contributed by atoms with E-state index in [9.17, 15) is 9.18 Å². The average molecular weight is 462 g/mol. The highest BCUT2D eigenvalue weighted by atomic mass is 19.1. The van der Waals surface area contributed by atoms with Crippen molar-refractivity contribution in [1.82, 2.24) is 4.98 Å². The van der Waals surface area contributed by atoms with Gasteiger partial charge >= 0.3 is 0 Å². The summed E-state index contributed by atoms with van der Waals surface area (Å²) in [6, 6.07) is 20.9. The van der Waals surface area contributed by atoms with Gasteiger partial charge in [0.1, 0.15) is 0 Å². The molecule has 3 atom stereocenters. The van der Waals surface area contributed by atoms with Crippen molar-refractivity contribution in [3.8, 4) is 11.1 Å². The quantitative estimate of drug-likeness (QED) is 0.416. The van der Waals surface area contributed by atoms with Gasteiger partial charge in [-0.25, -0.2) is 4.98 Å². The minimum atomic E-state index is -0.511. The minimum Gasteiger partial charge on any atom is -0.380 e. The number of benzene rings is 2. The Labute approximate surface area is 200 Å².